The summed E-state index contributed by atoms with van der Waals surface area (Å²) < 4.78 is 6.05. The maximum Gasteiger partial charge on any atom is 0.0600 e. The molecule has 1 heterocycles. The number of rotatable bonds is 5. The van der Waals surface area contributed by atoms with Gasteiger partial charge in [0, 0.05) is 12.0 Å². The van der Waals surface area contributed by atoms with Gasteiger partial charge in [0.05, 0.1) is 12.2 Å². The lowest BCUT2D eigenvalue weighted by Gasteiger charge is -2.29. The Kier molecular flexibility index (Phi) is 5.45. The van der Waals surface area contributed by atoms with Crippen LogP contribution in [0.5, 0.6) is 0 Å². The average molecular weight is 289 g/mol. The predicted molar refractivity (Wildman–Crippen MR) is 89.4 cm³/mol. The third kappa shape index (κ3) is 3.67. The normalized spacial score (nSPS) is 30.8. The third-order valence-electron chi connectivity index (χ3n) is 4.97. The highest BCUT2D eigenvalue weighted by atomic mass is 16.5. The van der Waals surface area contributed by atoms with E-state index >= 15 is 0 Å². The van der Waals surface area contributed by atoms with Gasteiger partial charge in [-0.05, 0) is 50.3 Å². The van der Waals surface area contributed by atoms with Crippen molar-refractivity contribution < 1.29 is 4.74 Å². The van der Waals surface area contributed by atoms with Crippen molar-refractivity contribution in [2.45, 2.75) is 59.3 Å². The molecule has 5 atom stereocenters. The molecule has 1 aromatic rings. The molecule has 0 spiro atoms. The fraction of sp³-hybridized carbons (Fsp3) is 0.684. The lowest BCUT2D eigenvalue weighted by molar-refractivity contribution is 0.0478. The summed E-state index contributed by atoms with van der Waals surface area (Å²) in [5, 5.41) is 3.54. The molecule has 1 aromatic carbocycles. The molecule has 1 aliphatic rings. The second kappa shape index (κ2) is 6.93. The van der Waals surface area contributed by atoms with Gasteiger partial charge in [0.2, 0.25) is 0 Å². The molecule has 1 fully saturated rings. The summed E-state index contributed by atoms with van der Waals surface area (Å²) in [6.07, 6.45) is 1.80. The molecule has 1 aliphatic heterocycles. The second-order valence-corrected chi connectivity index (χ2v) is 7.09. The van der Waals surface area contributed by atoms with Crippen LogP contribution in [0.4, 0.5) is 0 Å². The zero-order valence-corrected chi connectivity index (χ0v) is 14.4. The number of hydrogen-bond acceptors (Lipinski definition) is 2. The van der Waals surface area contributed by atoms with Gasteiger partial charge in [-0.2, -0.15) is 0 Å². The number of hydrogen-bond donors (Lipinski definition) is 1. The van der Waals surface area contributed by atoms with Crippen LogP contribution < -0.4 is 5.32 Å². The van der Waals surface area contributed by atoms with Gasteiger partial charge in [-0.3, -0.25) is 0 Å². The minimum Gasteiger partial charge on any atom is -0.375 e. The molecular weight excluding hydrogens is 258 g/mol. The van der Waals surface area contributed by atoms with E-state index in [1.165, 1.54) is 11.1 Å². The molecule has 2 heteroatoms. The van der Waals surface area contributed by atoms with Crippen LogP contribution >= 0.6 is 0 Å². The van der Waals surface area contributed by atoms with E-state index in [1.807, 2.05) is 0 Å². The summed E-state index contributed by atoms with van der Waals surface area (Å²) in [6.45, 7) is 11.3. The van der Waals surface area contributed by atoms with Crippen LogP contribution in [0.3, 0.4) is 0 Å². The first kappa shape index (κ1) is 16.5. The Morgan fingerprint density at radius 2 is 1.86 bits per heavy atom. The molecule has 118 valence electrons. The molecule has 21 heavy (non-hydrogen) atoms. The van der Waals surface area contributed by atoms with Gasteiger partial charge in [0.15, 0.2) is 0 Å². The largest absolute Gasteiger partial charge is 0.375 e. The van der Waals surface area contributed by atoms with Gasteiger partial charge >= 0.3 is 0 Å². The van der Waals surface area contributed by atoms with Crippen molar-refractivity contribution in [3.63, 3.8) is 0 Å². The van der Waals surface area contributed by atoms with Gasteiger partial charge in [0.25, 0.3) is 0 Å². The standard InChI is InChI=1S/C19H31NO/c1-12(2)10-16-8-7-9-17(11-16)19(20-6)18-13(3)14(4)21-15(18)5/h7-9,11-15,18-20H,10H2,1-6H3. The predicted octanol–water partition coefficient (Wildman–Crippen LogP) is 4.21. The molecule has 0 amide bonds. The SMILES string of the molecule is CNC(c1cccc(CC(C)C)c1)C1C(C)OC(C)C1C. The summed E-state index contributed by atoms with van der Waals surface area (Å²) in [6, 6.07) is 9.45. The highest BCUT2D eigenvalue weighted by Crippen LogP contribution is 2.40. The lowest BCUT2D eigenvalue weighted by atomic mass is 9.80. The monoisotopic (exact) mass is 289 g/mol. The average Bonchev–Trinajstić information content (AvgIpc) is 2.66. The van der Waals surface area contributed by atoms with E-state index in [0.29, 0.717) is 36.0 Å². The molecule has 0 radical (unpaired) electrons. The first-order valence-corrected chi connectivity index (χ1v) is 8.35. The Labute approximate surface area is 130 Å². The highest BCUT2D eigenvalue weighted by Gasteiger charge is 2.41. The van der Waals surface area contributed by atoms with E-state index < -0.39 is 0 Å². The quantitative estimate of drug-likeness (QED) is 0.877. The Balaban J connectivity index is 2.25. The van der Waals surface area contributed by atoms with Crippen LogP contribution in [0.1, 0.15) is 51.8 Å². The number of benzene rings is 1. The fourth-order valence-electron chi connectivity index (χ4n) is 3.83. The maximum atomic E-state index is 6.05. The van der Waals surface area contributed by atoms with Gasteiger partial charge < -0.3 is 10.1 Å². The van der Waals surface area contributed by atoms with Crippen molar-refractivity contribution in [3.8, 4) is 0 Å². The zero-order valence-electron chi connectivity index (χ0n) is 14.4. The van der Waals surface area contributed by atoms with Crippen molar-refractivity contribution in [2.24, 2.45) is 17.8 Å². The molecule has 0 aliphatic carbocycles. The molecule has 1 saturated heterocycles. The number of ether oxygens (including phenoxy) is 1. The lowest BCUT2D eigenvalue weighted by Crippen LogP contribution is -2.33. The topological polar surface area (TPSA) is 21.3 Å². The Hall–Kier alpha value is -0.860. The summed E-state index contributed by atoms with van der Waals surface area (Å²) >= 11 is 0. The van der Waals surface area contributed by atoms with E-state index in [-0.39, 0.29) is 0 Å². The van der Waals surface area contributed by atoms with Crippen LogP contribution in [0.15, 0.2) is 24.3 Å². The molecule has 0 bridgehead atoms. The minimum atomic E-state index is 0.307. The molecule has 0 saturated carbocycles. The van der Waals surface area contributed by atoms with Crippen molar-refractivity contribution >= 4 is 0 Å². The fourth-order valence-corrected chi connectivity index (χ4v) is 3.83. The molecular formula is C19H31NO. The van der Waals surface area contributed by atoms with E-state index in [9.17, 15) is 0 Å². The zero-order chi connectivity index (χ0) is 15.6. The van der Waals surface area contributed by atoms with E-state index in [1.54, 1.807) is 0 Å². The second-order valence-electron chi connectivity index (χ2n) is 7.09. The molecule has 2 nitrogen and oxygen atoms in total. The van der Waals surface area contributed by atoms with Crippen molar-refractivity contribution in [2.75, 3.05) is 7.05 Å². The van der Waals surface area contributed by atoms with Crippen molar-refractivity contribution in [3.05, 3.63) is 35.4 Å². The van der Waals surface area contributed by atoms with Crippen LogP contribution in [-0.4, -0.2) is 19.3 Å². The Morgan fingerprint density at radius 1 is 1.14 bits per heavy atom. The summed E-state index contributed by atoms with van der Waals surface area (Å²) in [5.41, 5.74) is 2.84. The van der Waals surface area contributed by atoms with Crippen LogP contribution in [-0.2, 0) is 11.2 Å². The van der Waals surface area contributed by atoms with E-state index in [2.05, 4.69) is 71.2 Å². The molecule has 1 N–H and O–H groups in total. The highest BCUT2D eigenvalue weighted by molar-refractivity contribution is 5.27. The van der Waals surface area contributed by atoms with Gasteiger partial charge in [-0.1, -0.05) is 45.0 Å². The number of nitrogens with one attached hydrogen (secondary N) is 1. The summed E-state index contributed by atoms with van der Waals surface area (Å²) in [7, 11) is 2.07. The summed E-state index contributed by atoms with van der Waals surface area (Å²) in [4.78, 5) is 0. The Bertz CT molecular complexity index is 457. The summed E-state index contributed by atoms with van der Waals surface area (Å²) in [5.74, 6) is 1.80. The third-order valence-corrected chi connectivity index (χ3v) is 4.97. The van der Waals surface area contributed by atoms with Gasteiger partial charge in [-0.25, -0.2) is 0 Å². The first-order valence-electron chi connectivity index (χ1n) is 8.35. The van der Waals surface area contributed by atoms with Gasteiger partial charge in [-0.15, -0.1) is 0 Å². The van der Waals surface area contributed by atoms with Gasteiger partial charge in [0.1, 0.15) is 0 Å². The Morgan fingerprint density at radius 3 is 2.38 bits per heavy atom. The smallest absolute Gasteiger partial charge is 0.0600 e. The van der Waals surface area contributed by atoms with Crippen molar-refractivity contribution in [1.29, 1.82) is 0 Å². The van der Waals surface area contributed by atoms with E-state index in [0.717, 1.165) is 6.42 Å². The van der Waals surface area contributed by atoms with E-state index in [4.69, 9.17) is 4.74 Å². The molecule has 5 unspecified atom stereocenters. The first-order chi connectivity index (χ1) is 9.93. The molecule has 2 rings (SSSR count). The molecule has 0 aromatic heterocycles. The van der Waals surface area contributed by atoms with Crippen LogP contribution in [0.25, 0.3) is 0 Å². The van der Waals surface area contributed by atoms with Crippen LogP contribution in [0, 0.1) is 17.8 Å². The van der Waals surface area contributed by atoms with Crippen LogP contribution in [0.2, 0.25) is 0 Å². The van der Waals surface area contributed by atoms with Crippen molar-refractivity contribution in [1.82, 2.24) is 5.32 Å². The maximum absolute atomic E-state index is 6.05. The minimum absolute atomic E-state index is 0.307.